The Morgan fingerprint density at radius 1 is 1.29 bits per heavy atom. The molecule has 0 heterocycles. The molecule has 5 heteroatoms. The van der Waals surface area contributed by atoms with Gasteiger partial charge in [0.1, 0.15) is 11.3 Å². The molecule has 5 nitrogen and oxygen atoms in total. The van der Waals surface area contributed by atoms with Gasteiger partial charge in [0.15, 0.2) is 0 Å². The second-order valence-electron chi connectivity index (χ2n) is 4.38. The predicted octanol–water partition coefficient (Wildman–Crippen LogP) is 1.29. The molecule has 17 heavy (non-hydrogen) atoms. The van der Waals surface area contributed by atoms with Gasteiger partial charge in [-0.05, 0) is 44.5 Å². The largest absolute Gasteiger partial charge is 0.508 e. The van der Waals surface area contributed by atoms with Crippen molar-refractivity contribution in [3.8, 4) is 5.75 Å². The van der Waals surface area contributed by atoms with Gasteiger partial charge in [0, 0.05) is 5.56 Å². The van der Waals surface area contributed by atoms with Gasteiger partial charge in [-0.25, -0.2) is 4.79 Å². The zero-order chi connectivity index (χ0) is 13.2. The molecule has 0 saturated carbocycles. The van der Waals surface area contributed by atoms with Crippen LogP contribution in [0.3, 0.4) is 0 Å². The van der Waals surface area contributed by atoms with Crippen LogP contribution in [0.15, 0.2) is 18.2 Å². The molecule has 1 aromatic carbocycles. The van der Waals surface area contributed by atoms with Crippen LogP contribution < -0.4 is 5.32 Å². The standard InChI is InChI=1S/C12H15NO4/c1-7-6-8(14)4-5-9(7)10(15)13-12(2,3)11(16)17/h4-6,14H,1-3H3,(H,13,15)(H,16,17). The van der Waals surface area contributed by atoms with Crippen LogP contribution >= 0.6 is 0 Å². The van der Waals surface area contributed by atoms with E-state index in [1.165, 1.54) is 32.0 Å². The minimum Gasteiger partial charge on any atom is -0.508 e. The van der Waals surface area contributed by atoms with Crippen LogP contribution in [0.2, 0.25) is 0 Å². The van der Waals surface area contributed by atoms with Crippen LogP contribution in [0.4, 0.5) is 0 Å². The van der Waals surface area contributed by atoms with Crippen LogP contribution in [-0.2, 0) is 4.79 Å². The van der Waals surface area contributed by atoms with Crippen molar-refractivity contribution in [1.82, 2.24) is 5.32 Å². The number of amides is 1. The number of carboxylic acids is 1. The van der Waals surface area contributed by atoms with Crippen molar-refractivity contribution in [2.75, 3.05) is 0 Å². The van der Waals surface area contributed by atoms with Crippen molar-refractivity contribution < 1.29 is 19.8 Å². The number of phenolic OH excluding ortho intramolecular Hbond substituents is 1. The third-order valence-corrected chi connectivity index (χ3v) is 2.42. The lowest BCUT2D eigenvalue weighted by molar-refractivity contribution is -0.143. The smallest absolute Gasteiger partial charge is 0.328 e. The van der Waals surface area contributed by atoms with E-state index in [4.69, 9.17) is 5.11 Å². The fourth-order valence-electron chi connectivity index (χ4n) is 1.31. The summed E-state index contributed by atoms with van der Waals surface area (Å²) >= 11 is 0. The minimum atomic E-state index is -1.33. The maximum atomic E-state index is 11.8. The molecule has 0 aromatic heterocycles. The third-order valence-electron chi connectivity index (χ3n) is 2.42. The van der Waals surface area contributed by atoms with Gasteiger partial charge in [-0.1, -0.05) is 0 Å². The van der Waals surface area contributed by atoms with Crippen LogP contribution in [0.1, 0.15) is 29.8 Å². The molecule has 0 saturated heterocycles. The molecule has 0 bridgehead atoms. The number of benzene rings is 1. The van der Waals surface area contributed by atoms with Gasteiger partial charge in [-0.3, -0.25) is 4.79 Å². The van der Waals surface area contributed by atoms with Gasteiger partial charge in [-0.2, -0.15) is 0 Å². The maximum absolute atomic E-state index is 11.8. The van der Waals surface area contributed by atoms with Crippen molar-refractivity contribution >= 4 is 11.9 Å². The number of carboxylic acid groups (broad SMARTS) is 1. The van der Waals surface area contributed by atoms with E-state index in [0.29, 0.717) is 11.1 Å². The molecule has 0 atom stereocenters. The summed E-state index contributed by atoms with van der Waals surface area (Å²) in [5.41, 5.74) is -0.401. The number of nitrogens with one attached hydrogen (secondary N) is 1. The molecular weight excluding hydrogens is 222 g/mol. The van der Waals surface area contributed by atoms with Crippen molar-refractivity contribution in [2.45, 2.75) is 26.3 Å². The van der Waals surface area contributed by atoms with Gasteiger partial charge in [0.05, 0.1) is 0 Å². The molecule has 92 valence electrons. The van der Waals surface area contributed by atoms with E-state index in [1.54, 1.807) is 6.92 Å². The summed E-state index contributed by atoms with van der Waals surface area (Å²) in [4.78, 5) is 22.7. The molecule has 0 aliphatic heterocycles. The average molecular weight is 237 g/mol. The second-order valence-corrected chi connectivity index (χ2v) is 4.38. The number of carbonyl (C=O) groups is 2. The molecule has 1 aromatic rings. The summed E-state index contributed by atoms with van der Waals surface area (Å²) in [5.74, 6) is -1.52. The summed E-state index contributed by atoms with van der Waals surface area (Å²) in [6.45, 7) is 4.48. The van der Waals surface area contributed by atoms with E-state index in [0.717, 1.165) is 0 Å². The Hall–Kier alpha value is -2.04. The number of rotatable bonds is 3. The SMILES string of the molecule is Cc1cc(O)ccc1C(=O)NC(C)(C)C(=O)O. The topological polar surface area (TPSA) is 86.6 Å². The molecule has 0 spiro atoms. The summed E-state index contributed by atoms with van der Waals surface area (Å²) in [7, 11) is 0. The predicted molar refractivity (Wildman–Crippen MR) is 62.0 cm³/mol. The highest BCUT2D eigenvalue weighted by molar-refractivity contribution is 5.98. The number of aryl methyl sites for hydroxylation is 1. The van der Waals surface area contributed by atoms with E-state index in [2.05, 4.69) is 5.32 Å². The molecule has 0 aliphatic rings. The molecular formula is C12H15NO4. The molecule has 0 fully saturated rings. The van der Waals surface area contributed by atoms with Crippen molar-refractivity contribution in [1.29, 1.82) is 0 Å². The number of aromatic hydroxyl groups is 1. The molecule has 1 amide bonds. The fraction of sp³-hybridized carbons (Fsp3) is 0.333. The molecule has 1 rings (SSSR count). The number of phenols is 1. The fourth-order valence-corrected chi connectivity index (χ4v) is 1.31. The van der Waals surface area contributed by atoms with E-state index in [9.17, 15) is 14.7 Å². The Morgan fingerprint density at radius 2 is 1.88 bits per heavy atom. The molecule has 0 radical (unpaired) electrons. The summed E-state index contributed by atoms with van der Waals surface area (Å²) < 4.78 is 0. The molecule has 0 unspecified atom stereocenters. The highest BCUT2D eigenvalue weighted by Gasteiger charge is 2.29. The number of aliphatic carboxylic acids is 1. The Kier molecular flexibility index (Phi) is 3.41. The van der Waals surface area contributed by atoms with Crippen molar-refractivity contribution in [3.05, 3.63) is 29.3 Å². The van der Waals surface area contributed by atoms with Crippen LogP contribution in [-0.4, -0.2) is 27.6 Å². The van der Waals surface area contributed by atoms with Gasteiger partial charge in [0.2, 0.25) is 0 Å². The minimum absolute atomic E-state index is 0.0662. The Bertz CT molecular complexity index is 466. The van der Waals surface area contributed by atoms with E-state index < -0.39 is 17.4 Å². The zero-order valence-corrected chi connectivity index (χ0v) is 9.94. The highest BCUT2D eigenvalue weighted by Crippen LogP contribution is 2.16. The second kappa shape index (κ2) is 4.45. The molecule has 0 aliphatic carbocycles. The normalized spacial score (nSPS) is 11.0. The quantitative estimate of drug-likeness (QED) is 0.739. The first-order chi connectivity index (χ1) is 7.74. The summed E-state index contributed by atoms with van der Waals surface area (Å²) in [6, 6.07) is 4.29. The molecule has 3 N–H and O–H groups in total. The number of hydrogen-bond acceptors (Lipinski definition) is 3. The van der Waals surface area contributed by atoms with Crippen molar-refractivity contribution in [2.24, 2.45) is 0 Å². The Morgan fingerprint density at radius 3 is 2.35 bits per heavy atom. The van der Waals surface area contributed by atoms with Crippen LogP contribution in [0.5, 0.6) is 5.75 Å². The van der Waals surface area contributed by atoms with Gasteiger partial charge in [0.25, 0.3) is 5.91 Å². The van der Waals surface area contributed by atoms with Gasteiger partial charge >= 0.3 is 5.97 Å². The summed E-state index contributed by atoms with van der Waals surface area (Å²) in [6.07, 6.45) is 0. The first kappa shape index (κ1) is 13.0. The maximum Gasteiger partial charge on any atom is 0.328 e. The Balaban J connectivity index is 2.95. The van der Waals surface area contributed by atoms with Crippen molar-refractivity contribution in [3.63, 3.8) is 0 Å². The lowest BCUT2D eigenvalue weighted by Gasteiger charge is -2.21. The van der Waals surface area contributed by atoms with Crippen LogP contribution in [0.25, 0.3) is 0 Å². The Labute approximate surface area is 99.1 Å². The van der Waals surface area contributed by atoms with Crippen LogP contribution in [0, 0.1) is 6.92 Å². The monoisotopic (exact) mass is 237 g/mol. The van der Waals surface area contributed by atoms with E-state index >= 15 is 0 Å². The summed E-state index contributed by atoms with van der Waals surface area (Å²) in [5, 5.41) is 20.5. The lowest BCUT2D eigenvalue weighted by Crippen LogP contribution is -2.49. The number of hydrogen-bond donors (Lipinski definition) is 3. The van der Waals surface area contributed by atoms with E-state index in [1.807, 2.05) is 0 Å². The third kappa shape index (κ3) is 2.96. The zero-order valence-electron chi connectivity index (χ0n) is 9.94. The van der Waals surface area contributed by atoms with E-state index in [-0.39, 0.29) is 5.75 Å². The first-order valence-corrected chi connectivity index (χ1v) is 5.09. The number of carbonyl (C=O) groups excluding carboxylic acids is 1. The lowest BCUT2D eigenvalue weighted by atomic mass is 10.0. The average Bonchev–Trinajstić information content (AvgIpc) is 2.15. The van der Waals surface area contributed by atoms with Gasteiger partial charge in [-0.15, -0.1) is 0 Å². The first-order valence-electron chi connectivity index (χ1n) is 5.09. The van der Waals surface area contributed by atoms with Gasteiger partial charge < -0.3 is 15.5 Å². The highest BCUT2D eigenvalue weighted by atomic mass is 16.4.